The number of nitrogens with zero attached hydrogens (tertiary/aromatic N) is 1. The molecule has 3 heterocycles. The van der Waals surface area contributed by atoms with E-state index in [1.165, 1.54) is 0 Å². The van der Waals surface area contributed by atoms with Crippen LogP contribution in [-0.4, -0.2) is 48.5 Å². The molecule has 0 amide bonds. The van der Waals surface area contributed by atoms with Crippen molar-refractivity contribution in [2.45, 2.75) is 76.5 Å². The molecule has 6 nitrogen and oxygen atoms in total. The molecule has 0 N–H and O–H groups in total. The Hall–Kier alpha value is -1.31. The van der Waals surface area contributed by atoms with Crippen LogP contribution < -0.4 is 0 Å². The Balaban J connectivity index is 1.51. The van der Waals surface area contributed by atoms with Gasteiger partial charge >= 0.3 is 0 Å². The lowest BCUT2D eigenvalue weighted by atomic mass is 9.99. The van der Waals surface area contributed by atoms with Gasteiger partial charge in [-0.25, -0.2) is 0 Å². The van der Waals surface area contributed by atoms with Gasteiger partial charge < -0.3 is 23.7 Å². The normalized spacial score (nSPS) is 38.6. The Morgan fingerprint density at radius 2 is 1.52 bits per heavy atom. The zero-order valence-corrected chi connectivity index (χ0v) is 15.0. The van der Waals surface area contributed by atoms with E-state index < -0.39 is 17.9 Å². The highest BCUT2D eigenvalue weighted by Gasteiger charge is 2.60. The summed E-state index contributed by atoms with van der Waals surface area (Å²) in [5.74, 6) is -1.39. The minimum atomic E-state index is -0.702. The van der Waals surface area contributed by atoms with E-state index in [-0.39, 0.29) is 24.4 Å². The summed E-state index contributed by atoms with van der Waals surface area (Å²) in [5.41, 5.74) is 1.15. The van der Waals surface area contributed by atoms with Gasteiger partial charge in [0, 0.05) is 6.21 Å². The fourth-order valence-electron chi connectivity index (χ4n) is 3.61. The molecule has 0 radical (unpaired) electrons. The average molecular weight is 347 g/mol. The predicted octanol–water partition coefficient (Wildman–Crippen LogP) is 2.65. The first-order valence-electron chi connectivity index (χ1n) is 8.74. The SMILES string of the molecule is CC1(C)O[C@H]2[C@@H](O1)[C@@H](C=NCc1ccccc1)O[C@@H]1OC(C)(C)O[C@@H]12. The second-order valence-corrected chi connectivity index (χ2v) is 7.61. The van der Waals surface area contributed by atoms with Gasteiger partial charge in [0.1, 0.15) is 24.4 Å². The number of rotatable bonds is 3. The van der Waals surface area contributed by atoms with Gasteiger partial charge in [0.2, 0.25) is 0 Å². The quantitative estimate of drug-likeness (QED) is 0.787. The molecule has 0 unspecified atom stereocenters. The van der Waals surface area contributed by atoms with Crippen molar-refractivity contribution < 1.29 is 23.7 Å². The standard InChI is InChI=1S/C19H25NO5/c1-18(2)22-14-13(11-20-10-12-8-6-5-7-9-12)21-17-16(15(14)23-18)24-19(3,4)25-17/h5-9,11,13-17H,10H2,1-4H3/t13-,14+,15+,16-,17-/m1/s1. The number of aliphatic imine (C=N–C) groups is 1. The van der Waals surface area contributed by atoms with Crippen molar-refractivity contribution >= 4 is 6.21 Å². The van der Waals surface area contributed by atoms with Crippen LogP contribution in [0.25, 0.3) is 0 Å². The first-order chi connectivity index (χ1) is 11.8. The first-order valence-corrected chi connectivity index (χ1v) is 8.74. The van der Waals surface area contributed by atoms with Crippen LogP contribution in [-0.2, 0) is 30.2 Å². The molecule has 136 valence electrons. The Morgan fingerprint density at radius 1 is 0.880 bits per heavy atom. The van der Waals surface area contributed by atoms with Gasteiger partial charge in [-0.15, -0.1) is 0 Å². The second-order valence-electron chi connectivity index (χ2n) is 7.61. The van der Waals surface area contributed by atoms with Gasteiger partial charge in [0.15, 0.2) is 17.9 Å². The van der Waals surface area contributed by atoms with Gasteiger partial charge in [0.25, 0.3) is 0 Å². The van der Waals surface area contributed by atoms with E-state index in [1.807, 2.05) is 58.0 Å². The third kappa shape index (κ3) is 3.50. The molecule has 5 atom stereocenters. The first kappa shape index (κ1) is 17.1. The molecule has 0 saturated carbocycles. The number of ether oxygens (including phenoxy) is 5. The zero-order valence-electron chi connectivity index (χ0n) is 15.0. The van der Waals surface area contributed by atoms with Crippen LogP contribution in [0.4, 0.5) is 0 Å². The molecular weight excluding hydrogens is 322 g/mol. The molecule has 3 fully saturated rings. The van der Waals surface area contributed by atoms with Crippen LogP contribution in [0.1, 0.15) is 33.3 Å². The molecule has 25 heavy (non-hydrogen) atoms. The summed E-state index contributed by atoms with van der Waals surface area (Å²) in [6, 6.07) is 10.1. The van der Waals surface area contributed by atoms with E-state index in [2.05, 4.69) is 4.99 Å². The molecule has 1 aromatic rings. The molecule has 3 aliphatic heterocycles. The molecule has 3 saturated heterocycles. The Morgan fingerprint density at radius 3 is 2.28 bits per heavy atom. The van der Waals surface area contributed by atoms with Crippen molar-refractivity contribution in [3.63, 3.8) is 0 Å². The predicted molar refractivity (Wildman–Crippen MR) is 91.2 cm³/mol. The largest absolute Gasteiger partial charge is 0.342 e. The minimum absolute atomic E-state index is 0.247. The maximum atomic E-state index is 6.09. The third-order valence-electron chi connectivity index (χ3n) is 4.56. The summed E-state index contributed by atoms with van der Waals surface area (Å²) >= 11 is 0. The number of fused-ring (bicyclic) bond motifs is 3. The summed E-state index contributed by atoms with van der Waals surface area (Å²) in [4.78, 5) is 4.54. The smallest absolute Gasteiger partial charge is 0.190 e. The Bertz CT molecular complexity index is 644. The maximum Gasteiger partial charge on any atom is 0.190 e. The summed E-state index contributed by atoms with van der Waals surface area (Å²) in [7, 11) is 0. The summed E-state index contributed by atoms with van der Waals surface area (Å²) in [5, 5.41) is 0. The molecule has 0 aromatic heterocycles. The van der Waals surface area contributed by atoms with Gasteiger partial charge in [0.05, 0.1) is 6.54 Å². The Kier molecular flexibility index (Phi) is 4.21. The fourth-order valence-corrected chi connectivity index (χ4v) is 3.61. The van der Waals surface area contributed by atoms with E-state index >= 15 is 0 Å². The number of hydrogen-bond donors (Lipinski definition) is 0. The van der Waals surface area contributed by atoms with Crippen LogP contribution in [0.15, 0.2) is 35.3 Å². The molecular formula is C19H25NO5. The minimum Gasteiger partial charge on any atom is -0.342 e. The van der Waals surface area contributed by atoms with Crippen molar-refractivity contribution in [2.75, 3.05) is 0 Å². The monoisotopic (exact) mass is 347 g/mol. The lowest BCUT2D eigenvalue weighted by Gasteiger charge is -2.35. The van der Waals surface area contributed by atoms with E-state index in [9.17, 15) is 0 Å². The van der Waals surface area contributed by atoms with Gasteiger partial charge in [-0.1, -0.05) is 30.3 Å². The van der Waals surface area contributed by atoms with E-state index in [1.54, 1.807) is 6.21 Å². The van der Waals surface area contributed by atoms with Gasteiger partial charge in [-0.05, 0) is 33.3 Å². The highest BCUT2D eigenvalue weighted by Crippen LogP contribution is 2.43. The van der Waals surface area contributed by atoms with Crippen molar-refractivity contribution in [3.05, 3.63) is 35.9 Å². The number of hydrogen-bond acceptors (Lipinski definition) is 6. The molecule has 6 heteroatoms. The molecule has 0 spiro atoms. The molecule has 0 bridgehead atoms. The molecule has 4 rings (SSSR count). The fraction of sp³-hybridized carbons (Fsp3) is 0.632. The van der Waals surface area contributed by atoms with E-state index in [4.69, 9.17) is 23.7 Å². The lowest BCUT2D eigenvalue weighted by molar-refractivity contribution is -0.217. The van der Waals surface area contributed by atoms with Gasteiger partial charge in [-0.2, -0.15) is 0 Å². The van der Waals surface area contributed by atoms with Crippen molar-refractivity contribution in [2.24, 2.45) is 4.99 Å². The second kappa shape index (κ2) is 6.14. The number of benzene rings is 1. The van der Waals surface area contributed by atoms with Crippen molar-refractivity contribution in [3.8, 4) is 0 Å². The molecule has 1 aromatic carbocycles. The third-order valence-corrected chi connectivity index (χ3v) is 4.56. The van der Waals surface area contributed by atoms with E-state index in [0.717, 1.165) is 5.56 Å². The van der Waals surface area contributed by atoms with Crippen LogP contribution >= 0.6 is 0 Å². The summed E-state index contributed by atoms with van der Waals surface area (Å²) < 4.78 is 30.1. The van der Waals surface area contributed by atoms with E-state index in [0.29, 0.717) is 6.54 Å². The highest BCUT2D eigenvalue weighted by molar-refractivity contribution is 5.64. The average Bonchev–Trinajstić information content (AvgIpc) is 3.03. The van der Waals surface area contributed by atoms with Crippen molar-refractivity contribution in [1.29, 1.82) is 0 Å². The highest BCUT2D eigenvalue weighted by atomic mass is 16.9. The van der Waals surface area contributed by atoms with Gasteiger partial charge in [-0.3, -0.25) is 4.99 Å². The van der Waals surface area contributed by atoms with Crippen LogP contribution in [0, 0.1) is 0 Å². The summed E-state index contributed by atoms with van der Waals surface area (Å²) in [6.45, 7) is 8.16. The van der Waals surface area contributed by atoms with Crippen LogP contribution in [0.3, 0.4) is 0 Å². The summed E-state index contributed by atoms with van der Waals surface area (Å²) in [6.07, 6.45) is 0.161. The molecule has 3 aliphatic rings. The zero-order chi connectivity index (χ0) is 17.7. The van der Waals surface area contributed by atoms with Crippen molar-refractivity contribution in [1.82, 2.24) is 0 Å². The molecule has 0 aliphatic carbocycles. The van der Waals surface area contributed by atoms with Crippen LogP contribution in [0.2, 0.25) is 0 Å². The lowest BCUT2D eigenvalue weighted by Crippen LogP contribution is -2.55. The maximum absolute atomic E-state index is 6.09. The topological polar surface area (TPSA) is 58.5 Å². The Labute approximate surface area is 148 Å². The van der Waals surface area contributed by atoms with Crippen LogP contribution in [0.5, 0.6) is 0 Å².